The summed E-state index contributed by atoms with van der Waals surface area (Å²) in [5, 5.41) is 0. The zero-order valence-electron chi connectivity index (χ0n) is 25.8. The fourth-order valence-electron chi connectivity index (χ4n) is 3.39. The zero-order valence-corrected chi connectivity index (χ0v) is 25.8. The molecular formula is C31H53F5O3. The molecule has 2 unspecified atom stereocenters. The molecule has 2 atom stereocenters. The number of ketones is 1. The van der Waals surface area contributed by atoms with Crippen LogP contribution < -0.4 is 4.74 Å². The highest BCUT2D eigenvalue weighted by Crippen LogP contribution is 2.34. The Morgan fingerprint density at radius 2 is 1.33 bits per heavy atom. The minimum absolute atomic E-state index is 0.0592. The van der Waals surface area contributed by atoms with E-state index in [9.17, 15) is 31.5 Å². The van der Waals surface area contributed by atoms with Crippen molar-refractivity contribution in [2.45, 2.75) is 133 Å². The minimum atomic E-state index is -4.37. The summed E-state index contributed by atoms with van der Waals surface area (Å²) < 4.78 is 68.0. The summed E-state index contributed by atoms with van der Waals surface area (Å²) in [4.78, 5) is 20.8. The maximum Gasteiger partial charge on any atom is 0.416 e. The SMILES string of the molecule is CC.CC(=O)CCC(C)C.CC(=O)Oc1ccc(C(F)(F)F)cc1.CCCC(CC)CC(F)(F)CC(C)CC. The number of hydrogen-bond donors (Lipinski definition) is 0. The average molecular weight is 569 g/mol. The molecule has 0 N–H and O–H groups in total. The second kappa shape index (κ2) is 22.8. The van der Waals surface area contributed by atoms with Crippen LogP contribution in [-0.4, -0.2) is 17.7 Å². The van der Waals surface area contributed by atoms with Gasteiger partial charge in [0.25, 0.3) is 0 Å². The van der Waals surface area contributed by atoms with Crippen molar-refractivity contribution in [3.8, 4) is 5.75 Å². The van der Waals surface area contributed by atoms with E-state index in [1.54, 1.807) is 6.92 Å². The first-order valence-electron chi connectivity index (χ1n) is 14.2. The fraction of sp³-hybridized carbons (Fsp3) is 0.742. The third-order valence-corrected chi connectivity index (χ3v) is 5.72. The molecule has 0 aromatic heterocycles. The molecule has 0 saturated carbocycles. The largest absolute Gasteiger partial charge is 0.427 e. The number of carbonyl (C=O) groups is 2. The average Bonchev–Trinajstić information content (AvgIpc) is 2.83. The van der Waals surface area contributed by atoms with Crippen molar-refractivity contribution in [1.29, 1.82) is 0 Å². The molecule has 0 aliphatic carbocycles. The second-order valence-electron chi connectivity index (χ2n) is 10.1. The van der Waals surface area contributed by atoms with Gasteiger partial charge in [0.15, 0.2) is 0 Å². The van der Waals surface area contributed by atoms with E-state index < -0.39 is 23.6 Å². The first-order valence-corrected chi connectivity index (χ1v) is 14.2. The summed E-state index contributed by atoms with van der Waals surface area (Å²) >= 11 is 0. The predicted octanol–water partition coefficient (Wildman–Crippen LogP) is 10.9. The molecule has 39 heavy (non-hydrogen) atoms. The Kier molecular flexibility index (Phi) is 24.2. The molecule has 0 fully saturated rings. The summed E-state index contributed by atoms with van der Waals surface area (Å²) in [5.41, 5.74) is -0.770. The number of Topliss-reactive ketones (excluding diaryl/α,β-unsaturated/α-hetero) is 1. The number of halogens is 5. The van der Waals surface area contributed by atoms with Crippen molar-refractivity contribution in [3.63, 3.8) is 0 Å². The molecule has 0 aliphatic heterocycles. The molecule has 0 radical (unpaired) electrons. The van der Waals surface area contributed by atoms with Crippen LogP contribution in [0, 0.1) is 17.8 Å². The quantitative estimate of drug-likeness (QED) is 0.143. The van der Waals surface area contributed by atoms with Crippen LogP contribution in [0.1, 0.15) is 126 Å². The van der Waals surface area contributed by atoms with E-state index in [1.165, 1.54) is 6.92 Å². The molecule has 1 aromatic carbocycles. The number of esters is 1. The number of benzene rings is 1. The monoisotopic (exact) mass is 568 g/mol. The van der Waals surface area contributed by atoms with Gasteiger partial charge in [0.2, 0.25) is 5.92 Å². The van der Waals surface area contributed by atoms with Crippen molar-refractivity contribution in [2.24, 2.45) is 17.8 Å². The van der Waals surface area contributed by atoms with Gasteiger partial charge in [0.1, 0.15) is 11.5 Å². The molecule has 8 heteroatoms. The molecule has 1 rings (SSSR count). The van der Waals surface area contributed by atoms with E-state index in [2.05, 4.69) is 25.5 Å². The van der Waals surface area contributed by atoms with E-state index in [4.69, 9.17) is 0 Å². The maximum atomic E-state index is 13.6. The van der Waals surface area contributed by atoms with Crippen LogP contribution in [0.25, 0.3) is 0 Å². The van der Waals surface area contributed by atoms with Gasteiger partial charge < -0.3 is 9.53 Å². The molecule has 0 saturated heterocycles. The number of carbonyl (C=O) groups excluding carboxylic acids is 2. The molecular weight excluding hydrogens is 515 g/mol. The Bertz CT molecular complexity index is 744. The van der Waals surface area contributed by atoms with Gasteiger partial charge in [-0.25, -0.2) is 8.78 Å². The van der Waals surface area contributed by atoms with Gasteiger partial charge in [-0.15, -0.1) is 0 Å². The topological polar surface area (TPSA) is 43.4 Å². The van der Waals surface area contributed by atoms with E-state index >= 15 is 0 Å². The highest BCUT2D eigenvalue weighted by Gasteiger charge is 2.33. The van der Waals surface area contributed by atoms with E-state index in [0.717, 1.165) is 62.8 Å². The van der Waals surface area contributed by atoms with Gasteiger partial charge in [-0.05, 0) is 55.4 Å². The molecule has 0 spiro atoms. The number of rotatable bonds is 12. The van der Waals surface area contributed by atoms with Crippen LogP contribution in [0.3, 0.4) is 0 Å². The van der Waals surface area contributed by atoms with E-state index in [1.807, 2.05) is 34.6 Å². The Balaban J connectivity index is -0.000000503. The van der Waals surface area contributed by atoms with Crippen molar-refractivity contribution < 1.29 is 36.3 Å². The van der Waals surface area contributed by atoms with Crippen molar-refractivity contribution >= 4 is 11.8 Å². The standard InChI is InChI=1S/C13H26F2.C9H7F3O2.C7H14O.C2H6/c1-5-8-12(7-3)10-13(14,15)9-11(4)6-2;1-6(13)14-8-4-2-7(3-5-8)9(10,11)12;1-6(2)4-5-7(3)8;1-2/h11-12H,5-10H2,1-4H3;2-5H,1H3;6H,4-5H2,1-3H3;1-2H3. The van der Waals surface area contributed by atoms with Gasteiger partial charge in [-0.2, -0.15) is 13.2 Å². The van der Waals surface area contributed by atoms with Crippen LogP contribution in [0.2, 0.25) is 0 Å². The lowest BCUT2D eigenvalue weighted by Crippen LogP contribution is -2.23. The minimum Gasteiger partial charge on any atom is -0.427 e. The third kappa shape index (κ3) is 26.0. The first-order chi connectivity index (χ1) is 18.0. The molecule has 1 aromatic rings. The second-order valence-corrected chi connectivity index (χ2v) is 10.1. The Morgan fingerprint density at radius 3 is 1.64 bits per heavy atom. The van der Waals surface area contributed by atoms with Crippen LogP contribution in [0.4, 0.5) is 22.0 Å². The molecule has 3 nitrogen and oxygen atoms in total. The first kappa shape index (κ1) is 41.5. The van der Waals surface area contributed by atoms with Gasteiger partial charge in [-0.1, -0.05) is 81.1 Å². The summed E-state index contributed by atoms with van der Waals surface area (Å²) in [5.74, 6) is -1.60. The summed E-state index contributed by atoms with van der Waals surface area (Å²) in [6, 6.07) is 3.92. The van der Waals surface area contributed by atoms with Crippen LogP contribution in [0.5, 0.6) is 5.75 Å². The smallest absolute Gasteiger partial charge is 0.416 e. The summed E-state index contributed by atoms with van der Waals surface area (Å²) in [6.07, 6.45) is 1.24. The number of ether oxygens (including phenoxy) is 1. The Labute approximate surface area is 234 Å². The Hall–Kier alpha value is -1.99. The van der Waals surface area contributed by atoms with Gasteiger partial charge in [0.05, 0.1) is 5.56 Å². The highest BCUT2D eigenvalue weighted by molar-refractivity contribution is 5.75. The zero-order chi connectivity index (χ0) is 31.2. The fourth-order valence-corrected chi connectivity index (χ4v) is 3.39. The molecule has 0 amide bonds. The molecule has 0 aliphatic rings. The predicted molar refractivity (Wildman–Crippen MR) is 151 cm³/mol. The van der Waals surface area contributed by atoms with Gasteiger partial charge in [0, 0.05) is 26.2 Å². The number of hydrogen-bond acceptors (Lipinski definition) is 3. The van der Waals surface area contributed by atoms with E-state index in [-0.39, 0.29) is 30.4 Å². The van der Waals surface area contributed by atoms with E-state index in [0.29, 0.717) is 11.7 Å². The van der Waals surface area contributed by atoms with Crippen molar-refractivity contribution in [1.82, 2.24) is 0 Å². The summed E-state index contributed by atoms with van der Waals surface area (Å²) in [6.45, 7) is 19.0. The number of alkyl halides is 5. The van der Waals surface area contributed by atoms with Gasteiger partial charge >= 0.3 is 12.1 Å². The van der Waals surface area contributed by atoms with Gasteiger partial charge in [-0.3, -0.25) is 4.79 Å². The molecule has 230 valence electrons. The van der Waals surface area contributed by atoms with Crippen LogP contribution >= 0.6 is 0 Å². The molecule has 0 bridgehead atoms. The lowest BCUT2D eigenvalue weighted by atomic mass is 9.89. The lowest BCUT2D eigenvalue weighted by Gasteiger charge is -2.24. The lowest BCUT2D eigenvalue weighted by molar-refractivity contribution is -0.137. The van der Waals surface area contributed by atoms with Crippen molar-refractivity contribution in [2.75, 3.05) is 0 Å². The molecule has 0 heterocycles. The Morgan fingerprint density at radius 1 is 0.821 bits per heavy atom. The van der Waals surface area contributed by atoms with Crippen LogP contribution in [0.15, 0.2) is 24.3 Å². The highest BCUT2D eigenvalue weighted by atomic mass is 19.4. The third-order valence-electron chi connectivity index (χ3n) is 5.72. The van der Waals surface area contributed by atoms with Crippen molar-refractivity contribution in [3.05, 3.63) is 29.8 Å². The maximum absolute atomic E-state index is 13.6. The normalized spacial score (nSPS) is 12.5. The summed E-state index contributed by atoms with van der Waals surface area (Å²) in [7, 11) is 0. The van der Waals surface area contributed by atoms with Crippen LogP contribution in [-0.2, 0) is 15.8 Å².